The van der Waals surface area contributed by atoms with Crippen LogP contribution in [-0.2, 0) is 25.5 Å². The lowest BCUT2D eigenvalue weighted by Gasteiger charge is -2.43. The van der Waals surface area contributed by atoms with Crippen molar-refractivity contribution in [2.45, 2.75) is 59.0 Å². The van der Waals surface area contributed by atoms with Gasteiger partial charge in [-0.1, -0.05) is 44.2 Å². The van der Waals surface area contributed by atoms with Crippen LogP contribution in [0, 0.1) is 12.8 Å². The number of hydrogen-bond acceptors (Lipinski definition) is 5. The van der Waals surface area contributed by atoms with Crippen LogP contribution >= 0.6 is 0 Å². The molecule has 2 aromatic carbocycles. The van der Waals surface area contributed by atoms with Crippen molar-refractivity contribution < 1.29 is 23.9 Å². The second-order valence-electron chi connectivity index (χ2n) is 10.2. The van der Waals surface area contributed by atoms with E-state index in [0.717, 1.165) is 16.8 Å². The number of rotatable bonds is 9. The van der Waals surface area contributed by atoms with E-state index in [9.17, 15) is 19.2 Å². The first-order valence-corrected chi connectivity index (χ1v) is 13.0. The summed E-state index contributed by atoms with van der Waals surface area (Å²) < 4.78 is 4.76. The van der Waals surface area contributed by atoms with Crippen molar-refractivity contribution in [2.75, 3.05) is 30.8 Å². The van der Waals surface area contributed by atoms with Crippen molar-refractivity contribution in [3.05, 3.63) is 59.7 Å². The lowest BCUT2D eigenvalue weighted by molar-refractivity contribution is -0.155. The molecule has 9 heteroatoms. The number of hydrogen-bond donors (Lipinski definition) is 2. The number of aryl methyl sites for hydroxylation is 1. The lowest BCUT2D eigenvalue weighted by atomic mass is 9.97. The number of nitrogens with one attached hydrogen (secondary N) is 2. The zero-order valence-corrected chi connectivity index (χ0v) is 22.8. The first-order valence-electron chi connectivity index (χ1n) is 13.0. The van der Waals surface area contributed by atoms with Crippen LogP contribution in [0.3, 0.4) is 0 Å². The quantitative estimate of drug-likeness (QED) is 0.480. The minimum absolute atomic E-state index is 0.119. The van der Waals surface area contributed by atoms with E-state index < -0.39 is 6.04 Å². The summed E-state index contributed by atoms with van der Waals surface area (Å²) in [5.74, 6) is -0.405. The van der Waals surface area contributed by atoms with Crippen LogP contribution < -0.4 is 10.6 Å². The number of methoxy groups -OCH3 is 1. The smallest absolute Gasteiger partial charge is 0.323 e. The second-order valence-corrected chi connectivity index (χ2v) is 10.2. The minimum Gasteiger partial charge on any atom is -0.469 e. The summed E-state index contributed by atoms with van der Waals surface area (Å²) in [5, 5.41) is 5.63. The summed E-state index contributed by atoms with van der Waals surface area (Å²) in [6.07, 6.45) is 0.814. The number of carbonyl (C=O) groups excluding carboxylic acids is 4. The van der Waals surface area contributed by atoms with E-state index in [-0.39, 0.29) is 48.6 Å². The zero-order chi connectivity index (χ0) is 27.8. The molecule has 1 fully saturated rings. The van der Waals surface area contributed by atoms with Crippen LogP contribution in [0.5, 0.6) is 0 Å². The number of anilines is 2. The van der Waals surface area contributed by atoms with Gasteiger partial charge in [0.05, 0.1) is 20.0 Å². The molecule has 1 aliphatic heterocycles. The van der Waals surface area contributed by atoms with E-state index in [0.29, 0.717) is 25.2 Å². The topological polar surface area (TPSA) is 108 Å². The third-order valence-corrected chi connectivity index (χ3v) is 6.72. The van der Waals surface area contributed by atoms with Crippen molar-refractivity contribution in [3.63, 3.8) is 0 Å². The number of benzene rings is 2. The fourth-order valence-electron chi connectivity index (χ4n) is 4.63. The maximum absolute atomic E-state index is 13.4. The third-order valence-electron chi connectivity index (χ3n) is 6.72. The molecule has 2 N–H and O–H groups in total. The molecule has 9 nitrogen and oxygen atoms in total. The average Bonchev–Trinajstić information content (AvgIpc) is 2.87. The number of piperazine rings is 1. The van der Waals surface area contributed by atoms with E-state index in [1.165, 1.54) is 7.11 Å². The summed E-state index contributed by atoms with van der Waals surface area (Å²) in [6.45, 7) is 8.57. The molecule has 1 unspecified atom stereocenters. The molecule has 0 bridgehead atoms. The summed E-state index contributed by atoms with van der Waals surface area (Å²) >= 11 is 0. The van der Waals surface area contributed by atoms with Crippen LogP contribution in [0.15, 0.2) is 48.5 Å². The van der Waals surface area contributed by atoms with Gasteiger partial charge in [-0.3, -0.25) is 14.4 Å². The normalized spacial score (nSPS) is 16.3. The van der Waals surface area contributed by atoms with E-state index in [2.05, 4.69) is 10.6 Å². The number of nitrogens with zero attached hydrogens (tertiary/aromatic N) is 2. The van der Waals surface area contributed by atoms with Crippen LogP contribution in [-0.4, -0.2) is 65.9 Å². The molecule has 0 aromatic heterocycles. The molecule has 1 aliphatic rings. The molecule has 0 radical (unpaired) electrons. The fourth-order valence-corrected chi connectivity index (χ4v) is 4.63. The van der Waals surface area contributed by atoms with Crippen molar-refractivity contribution in [3.8, 4) is 0 Å². The van der Waals surface area contributed by atoms with Gasteiger partial charge in [0, 0.05) is 30.5 Å². The Labute approximate surface area is 224 Å². The van der Waals surface area contributed by atoms with Crippen LogP contribution in [0.25, 0.3) is 0 Å². The highest BCUT2D eigenvalue weighted by atomic mass is 16.5. The average molecular weight is 523 g/mol. The van der Waals surface area contributed by atoms with Gasteiger partial charge >= 0.3 is 12.0 Å². The van der Waals surface area contributed by atoms with Crippen LogP contribution in [0.4, 0.5) is 16.2 Å². The summed E-state index contributed by atoms with van der Waals surface area (Å²) in [5.41, 5.74) is 3.09. The SMILES string of the molecule is COC(=O)CC(C)N1CCN(C(=O)Cc2ccc(NC(=O)Nc3ccccc3C)cc2)[C@@H](CC(C)C)C1=O. The molecule has 2 aromatic rings. The number of esters is 1. The Morgan fingerprint density at radius 1 is 1.00 bits per heavy atom. The van der Waals surface area contributed by atoms with Gasteiger partial charge in [-0.25, -0.2) is 4.79 Å². The van der Waals surface area contributed by atoms with Gasteiger partial charge in [-0.05, 0) is 55.5 Å². The molecule has 204 valence electrons. The molecule has 0 aliphatic carbocycles. The standard InChI is InChI=1S/C29H38N4O5/c1-19(2)16-25-28(36)32(21(4)17-27(35)38-5)14-15-33(25)26(34)18-22-10-12-23(13-11-22)30-29(37)31-24-9-7-6-8-20(24)3/h6-13,19,21,25H,14-18H2,1-5H3,(H2,30,31,37)/t21?,25-/m0/s1. The molecular weight excluding hydrogens is 484 g/mol. The summed E-state index contributed by atoms with van der Waals surface area (Å²) in [4.78, 5) is 54.1. The van der Waals surface area contributed by atoms with Gasteiger partial charge in [-0.15, -0.1) is 0 Å². The van der Waals surface area contributed by atoms with E-state index in [1.54, 1.807) is 34.1 Å². The van der Waals surface area contributed by atoms with E-state index in [1.807, 2.05) is 52.0 Å². The van der Waals surface area contributed by atoms with Crippen molar-refractivity contribution in [1.29, 1.82) is 0 Å². The predicted octanol–water partition coefficient (Wildman–Crippen LogP) is 4.22. The Morgan fingerprint density at radius 2 is 1.68 bits per heavy atom. The molecular formula is C29H38N4O5. The van der Waals surface area contributed by atoms with Gasteiger partial charge in [0.15, 0.2) is 0 Å². The lowest BCUT2D eigenvalue weighted by Crippen LogP contribution is -2.61. The second kappa shape index (κ2) is 13.1. The monoisotopic (exact) mass is 522 g/mol. The number of ether oxygens (including phenoxy) is 1. The van der Waals surface area contributed by atoms with Gasteiger partial charge in [0.25, 0.3) is 0 Å². The Morgan fingerprint density at radius 3 is 2.32 bits per heavy atom. The molecule has 1 saturated heterocycles. The van der Waals surface area contributed by atoms with Gasteiger partial charge < -0.3 is 25.2 Å². The molecule has 0 spiro atoms. The Balaban J connectivity index is 1.62. The molecule has 1 heterocycles. The number of urea groups is 1. The molecule has 2 atom stereocenters. The summed E-state index contributed by atoms with van der Waals surface area (Å²) in [6, 6.07) is 13.4. The van der Waals surface area contributed by atoms with E-state index >= 15 is 0 Å². The van der Waals surface area contributed by atoms with E-state index in [4.69, 9.17) is 4.74 Å². The highest BCUT2D eigenvalue weighted by Gasteiger charge is 2.39. The fraction of sp³-hybridized carbons (Fsp3) is 0.448. The number of carbonyl (C=O) groups is 4. The highest BCUT2D eigenvalue weighted by molar-refractivity contribution is 6.00. The predicted molar refractivity (Wildman–Crippen MR) is 147 cm³/mol. The maximum Gasteiger partial charge on any atom is 0.323 e. The molecule has 4 amide bonds. The largest absolute Gasteiger partial charge is 0.469 e. The van der Waals surface area contributed by atoms with Gasteiger partial charge in [0.1, 0.15) is 6.04 Å². The Hall–Kier alpha value is -3.88. The van der Waals surface area contributed by atoms with Gasteiger partial charge in [0.2, 0.25) is 11.8 Å². The highest BCUT2D eigenvalue weighted by Crippen LogP contribution is 2.23. The molecule has 0 saturated carbocycles. The number of amides is 4. The Bertz CT molecular complexity index is 1150. The minimum atomic E-state index is -0.567. The maximum atomic E-state index is 13.4. The van der Waals surface area contributed by atoms with Crippen molar-refractivity contribution >= 4 is 35.2 Å². The molecule has 3 rings (SSSR count). The first kappa shape index (κ1) is 28.7. The molecule has 38 heavy (non-hydrogen) atoms. The van der Waals surface area contributed by atoms with Crippen LogP contribution in [0.1, 0.15) is 44.7 Å². The summed E-state index contributed by atoms with van der Waals surface area (Å²) in [7, 11) is 1.33. The Kier molecular flexibility index (Phi) is 9.87. The van der Waals surface area contributed by atoms with Crippen molar-refractivity contribution in [2.24, 2.45) is 5.92 Å². The number of para-hydroxylation sites is 1. The first-order chi connectivity index (χ1) is 18.1. The van der Waals surface area contributed by atoms with Gasteiger partial charge in [-0.2, -0.15) is 0 Å². The van der Waals surface area contributed by atoms with Crippen molar-refractivity contribution in [1.82, 2.24) is 9.80 Å². The zero-order valence-electron chi connectivity index (χ0n) is 22.8. The van der Waals surface area contributed by atoms with Crippen LogP contribution in [0.2, 0.25) is 0 Å². The third kappa shape index (κ3) is 7.57.